The molecule has 1 aromatic heterocycles. The quantitative estimate of drug-likeness (QED) is 0.289. The van der Waals surface area contributed by atoms with E-state index in [9.17, 15) is 29.7 Å². The van der Waals surface area contributed by atoms with Crippen LogP contribution in [0.15, 0.2) is 54.3 Å². The molecule has 8 nitrogen and oxygen atoms in total. The summed E-state index contributed by atoms with van der Waals surface area (Å²) in [6, 6.07) is 7.38. The number of carbonyl (C=O) groups excluding carboxylic acids is 3. The number of aromatic amines is 1. The number of nitrogens with one attached hydrogen (secondary N) is 2. The van der Waals surface area contributed by atoms with Crippen LogP contribution in [0, 0.1) is 29.1 Å². The number of rotatable bonds is 2. The van der Waals surface area contributed by atoms with Crippen LogP contribution < -0.4 is 5.32 Å². The number of hydrogen-bond acceptors (Lipinski definition) is 6. The van der Waals surface area contributed by atoms with Crippen molar-refractivity contribution in [3.63, 3.8) is 0 Å². The molecule has 0 unspecified atom stereocenters. The molecule has 2 fully saturated rings. The number of H-pyrrole nitrogens is 1. The van der Waals surface area contributed by atoms with E-state index in [4.69, 9.17) is 0 Å². The minimum absolute atomic E-state index is 0.0530. The fourth-order valence-electron chi connectivity index (χ4n) is 7.56. The Morgan fingerprint density at radius 3 is 2.58 bits per heavy atom. The second-order valence-corrected chi connectivity index (χ2v) is 12.4. The van der Waals surface area contributed by atoms with Crippen LogP contribution in [0.5, 0.6) is 0 Å². The Balaban J connectivity index is 1.62. The van der Waals surface area contributed by atoms with E-state index in [0.29, 0.717) is 18.4 Å². The van der Waals surface area contributed by atoms with Gasteiger partial charge in [0.25, 0.3) is 0 Å². The highest BCUT2D eigenvalue weighted by atomic mass is 16.3. The molecule has 1 saturated heterocycles. The van der Waals surface area contributed by atoms with Crippen molar-refractivity contribution in [3.8, 4) is 0 Å². The number of hydrogen-bond donors (Lipinski definition) is 5. The van der Waals surface area contributed by atoms with Gasteiger partial charge in [0.15, 0.2) is 5.78 Å². The van der Waals surface area contributed by atoms with Gasteiger partial charge < -0.3 is 25.6 Å². The number of benzene rings is 1. The molecule has 2 aromatic rings. The van der Waals surface area contributed by atoms with Crippen molar-refractivity contribution >= 4 is 28.4 Å². The van der Waals surface area contributed by atoms with Crippen molar-refractivity contribution in [3.05, 3.63) is 59.8 Å². The summed E-state index contributed by atoms with van der Waals surface area (Å²) in [6.45, 7) is 6.96. The summed E-state index contributed by atoms with van der Waals surface area (Å²) >= 11 is 0. The van der Waals surface area contributed by atoms with Gasteiger partial charge in [-0.25, -0.2) is 0 Å². The SMILES string of the molecule is C/C1=C\[C@@H](C)C/C=C/[C@H]2[C@H](O)[C@@](C)(O)[C@@H](C)[C@H]3[C@H](Cc4c[nH]c5ccccc45)NC(=O)[C@]32C(=O)CC[C@@H](O)C1=O. The highest BCUT2D eigenvalue weighted by molar-refractivity contribution is 6.09. The van der Waals surface area contributed by atoms with Crippen molar-refractivity contribution < 1.29 is 29.7 Å². The second kappa shape index (κ2) is 10.4. The minimum Gasteiger partial charge on any atom is -0.389 e. The van der Waals surface area contributed by atoms with Gasteiger partial charge in [-0.2, -0.15) is 0 Å². The summed E-state index contributed by atoms with van der Waals surface area (Å²) in [7, 11) is 0. The fourth-order valence-corrected chi connectivity index (χ4v) is 7.56. The fraction of sp³-hybridized carbons (Fsp3) is 0.531. The highest BCUT2D eigenvalue weighted by Crippen LogP contribution is 2.58. The highest BCUT2D eigenvalue weighted by Gasteiger charge is 2.71. The van der Waals surface area contributed by atoms with Crippen molar-refractivity contribution in [2.45, 2.75) is 77.2 Å². The zero-order valence-electron chi connectivity index (χ0n) is 23.6. The Hall–Kier alpha value is -3.07. The van der Waals surface area contributed by atoms with Gasteiger partial charge in [0.05, 0.1) is 11.7 Å². The number of Topliss-reactive ketones (excluding diaryl/α,β-unsaturated/α-hetero) is 2. The molecular weight excluding hydrogens is 508 g/mol. The smallest absolute Gasteiger partial charge is 0.235 e. The van der Waals surface area contributed by atoms with Crippen molar-refractivity contribution in [1.82, 2.24) is 10.3 Å². The molecule has 1 amide bonds. The molecular formula is C32H40N2O6. The Morgan fingerprint density at radius 2 is 1.82 bits per heavy atom. The summed E-state index contributed by atoms with van der Waals surface area (Å²) < 4.78 is 0. The van der Waals surface area contributed by atoms with Crippen LogP contribution in [0.25, 0.3) is 10.9 Å². The average molecular weight is 549 g/mol. The first-order valence-electron chi connectivity index (χ1n) is 14.3. The molecule has 2 heterocycles. The lowest BCUT2D eigenvalue weighted by Gasteiger charge is -2.55. The van der Waals surface area contributed by atoms with Crippen LogP contribution in [0.1, 0.15) is 52.5 Å². The van der Waals surface area contributed by atoms with Gasteiger partial charge in [-0.15, -0.1) is 0 Å². The van der Waals surface area contributed by atoms with Gasteiger partial charge in [0.1, 0.15) is 17.3 Å². The molecule has 8 heteroatoms. The van der Waals surface area contributed by atoms with Gasteiger partial charge in [-0.3, -0.25) is 14.4 Å². The van der Waals surface area contributed by atoms with E-state index in [1.54, 1.807) is 32.9 Å². The van der Waals surface area contributed by atoms with E-state index in [1.807, 2.05) is 43.5 Å². The molecule has 0 bridgehead atoms. The zero-order valence-corrected chi connectivity index (χ0v) is 23.6. The maximum atomic E-state index is 14.3. The number of aromatic nitrogens is 1. The van der Waals surface area contributed by atoms with Gasteiger partial charge in [-0.05, 0) is 62.1 Å². The summed E-state index contributed by atoms with van der Waals surface area (Å²) in [6.07, 6.45) is 5.12. The maximum absolute atomic E-state index is 14.3. The summed E-state index contributed by atoms with van der Waals surface area (Å²) in [5.41, 5.74) is -0.846. The number of aliphatic hydroxyl groups excluding tert-OH is 2. The van der Waals surface area contributed by atoms with Crippen LogP contribution >= 0.6 is 0 Å². The number of aliphatic hydroxyl groups is 3. The van der Waals surface area contributed by atoms with E-state index in [0.717, 1.165) is 16.5 Å². The van der Waals surface area contributed by atoms with Crippen LogP contribution in [-0.4, -0.2) is 61.6 Å². The number of ketones is 2. The summed E-state index contributed by atoms with van der Waals surface area (Å²) in [4.78, 5) is 44.5. The predicted octanol–water partition coefficient (Wildman–Crippen LogP) is 3.01. The molecule has 3 aliphatic rings. The minimum atomic E-state index is -1.66. The lowest BCUT2D eigenvalue weighted by Crippen LogP contribution is -2.67. The van der Waals surface area contributed by atoms with Gasteiger partial charge in [0, 0.05) is 41.4 Å². The lowest BCUT2D eigenvalue weighted by molar-refractivity contribution is -0.199. The van der Waals surface area contributed by atoms with Crippen molar-refractivity contribution in [2.24, 2.45) is 29.1 Å². The number of fused-ring (bicyclic) bond motifs is 1. The topological polar surface area (TPSA) is 140 Å². The number of para-hydroxylation sites is 1. The molecule has 40 heavy (non-hydrogen) atoms. The van der Waals surface area contributed by atoms with E-state index in [2.05, 4.69) is 10.3 Å². The first-order chi connectivity index (χ1) is 18.9. The second-order valence-electron chi connectivity index (χ2n) is 12.4. The Bertz CT molecular complexity index is 1390. The van der Waals surface area contributed by atoms with Crippen LogP contribution in [0.2, 0.25) is 0 Å². The maximum Gasteiger partial charge on any atom is 0.235 e. The van der Waals surface area contributed by atoms with Gasteiger partial charge in [-0.1, -0.05) is 50.3 Å². The average Bonchev–Trinajstić information content (AvgIpc) is 3.45. The Morgan fingerprint density at radius 1 is 1.10 bits per heavy atom. The molecule has 9 atom stereocenters. The molecule has 214 valence electrons. The number of allylic oxidation sites excluding steroid dienone is 2. The van der Waals surface area contributed by atoms with Crippen molar-refractivity contribution in [1.29, 1.82) is 0 Å². The standard InChI is InChI=1S/C32H40N2O6/c1-17-8-7-10-22-29(38)31(4,40)19(3)27-24(15-20-16-33-23-11-6-5-9-21(20)23)34-30(39)32(22,27)26(36)13-12-25(35)28(37)18(2)14-17/h5-7,9-11,14,16-17,19,22,24-25,27,29,33,35,38,40H,8,12-13,15H2,1-4H3,(H,34,39)/b10-7+,18-14+/t17-,19-,22-,24-,25+,27-,29-,31-,32+/m0/s1. The largest absolute Gasteiger partial charge is 0.389 e. The first kappa shape index (κ1) is 28.5. The third-order valence-electron chi connectivity index (χ3n) is 9.87. The summed E-state index contributed by atoms with van der Waals surface area (Å²) in [5, 5.41) is 38.0. The zero-order chi connectivity index (χ0) is 29.0. The molecule has 5 rings (SSSR count). The Labute approximate surface area is 234 Å². The third-order valence-corrected chi connectivity index (χ3v) is 9.87. The molecule has 1 aliphatic heterocycles. The van der Waals surface area contributed by atoms with Gasteiger partial charge >= 0.3 is 0 Å². The van der Waals surface area contributed by atoms with E-state index in [-0.39, 0.29) is 18.8 Å². The molecule has 0 radical (unpaired) electrons. The van der Waals surface area contributed by atoms with Crippen LogP contribution in [0.4, 0.5) is 0 Å². The van der Waals surface area contributed by atoms with E-state index < -0.39 is 64.5 Å². The molecule has 5 N–H and O–H groups in total. The molecule has 2 aliphatic carbocycles. The Kier molecular flexibility index (Phi) is 7.40. The van der Waals surface area contributed by atoms with Gasteiger partial charge in [0.2, 0.25) is 5.91 Å². The number of amides is 1. The third kappa shape index (κ3) is 4.37. The predicted molar refractivity (Wildman–Crippen MR) is 151 cm³/mol. The van der Waals surface area contributed by atoms with Crippen LogP contribution in [-0.2, 0) is 20.8 Å². The molecule has 1 spiro atoms. The van der Waals surface area contributed by atoms with Crippen LogP contribution in [0.3, 0.4) is 0 Å². The van der Waals surface area contributed by atoms with Crippen molar-refractivity contribution in [2.75, 3.05) is 0 Å². The number of carbonyl (C=O) groups is 3. The monoisotopic (exact) mass is 548 g/mol. The van der Waals surface area contributed by atoms with E-state index >= 15 is 0 Å². The normalized spacial score (nSPS) is 41.1. The molecule has 1 aromatic carbocycles. The summed E-state index contributed by atoms with van der Waals surface area (Å²) in [5.74, 6) is -3.60. The molecule has 1 saturated carbocycles. The lowest BCUT2D eigenvalue weighted by atomic mass is 9.49. The van der Waals surface area contributed by atoms with E-state index in [1.165, 1.54) is 0 Å². The first-order valence-corrected chi connectivity index (χ1v) is 14.3.